The van der Waals surface area contributed by atoms with Crippen LogP contribution in [0.25, 0.3) is 0 Å². The Hall–Kier alpha value is -2.34. The largest absolute Gasteiger partial charge is 0.494 e. The van der Waals surface area contributed by atoms with E-state index in [0.29, 0.717) is 23.6 Å². The van der Waals surface area contributed by atoms with Gasteiger partial charge in [0.2, 0.25) is 0 Å². The third-order valence-electron chi connectivity index (χ3n) is 3.17. The maximum Gasteiger partial charge on any atom is 0.338 e. The van der Waals surface area contributed by atoms with Crippen LogP contribution >= 0.6 is 15.9 Å². The monoisotopic (exact) mass is 391 g/mol. The lowest BCUT2D eigenvalue weighted by atomic mass is 10.2. The molecule has 0 aliphatic carbocycles. The number of hydrogen-bond acceptors (Lipinski definition) is 4. The molecule has 2 aromatic rings. The lowest BCUT2D eigenvalue weighted by Crippen LogP contribution is -2.29. The third kappa shape index (κ3) is 5.09. The number of anilines is 1. The zero-order valence-electron chi connectivity index (χ0n) is 13.4. The van der Waals surface area contributed by atoms with Gasteiger partial charge in [-0.3, -0.25) is 4.79 Å². The van der Waals surface area contributed by atoms with Crippen molar-refractivity contribution in [3.05, 3.63) is 58.6 Å². The van der Waals surface area contributed by atoms with Crippen LogP contribution in [0, 0.1) is 0 Å². The van der Waals surface area contributed by atoms with Crippen LogP contribution in [0.15, 0.2) is 53.0 Å². The number of benzene rings is 2. The summed E-state index contributed by atoms with van der Waals surface area (Å²) >= 11 is 3.32. The van der Waals surface area contributed by atoms with Gasteiger partial charge in [-0.05, 0) is 62.4 Å². The fourth-order valence-electron chi connectivity index (χ4n) is 1.91. The number of carbonyl (C=O) groups is 2. The first-order chi connectivity index (χ1) is 11.5. The lowest BCUT2D eigenvalue weighted by molar-refractivity contribution is -0.123. The molecule has 5 nitrogen and oxygen atoms in total. The van der Waals surface area contributed by atoms with Crippen LogP contribution in [0.5, 0.6) is 5.75 Å². The Morgan fingerprint density at radius 1 is 1.08 bits per heavy atom. The van der Waals surface area contributed by atoms with Crippen molar-refractivity contribution in [1.29, 1.82) is 0 Å². The van der Waals surface area contributed by atoms with E-state index in [2.05, 4.69) is 21.2 Å². The molecule has 0 radical (unpaired) electrons. The molecule has 0 fully saturated rings. The zero-order chi connectivity index (χ0) is 17.5. The molecule has 1 N–H and O–H groups in total. The minimum Gasteiger partial charge on any atom is -0.494 e. The van der Waals surface area contributed by atoms with Crippen LogP contribution in [0.4, 0.5) is 5.69 Å². The summed E-state index contributed by atoms with van der Waals surface area (Å²) in [5, 5.41) is 2.69. The predicted molar refractivity (Wildman–Crippen MR) is 95.3 cm³/mol. The molecular weight excluding hydrogens is 374 g/mol. The highest BCUT2D eigenvalue weighted by atomic mass is 79.9. The molecule has 0 aromatic heterocycles. The highest BCUT2D eigenvalue weighted by Crippen LogP contribution is 2.16. The van der Waals surface area contributed by atoms with Crippen molar-refractivity contribution in [3.63, 3.8) is 0 Å². The maximum atomic E-state index is 12.1. The van der Waals surface area contributed by atoms with E-state index in [1.807, 2.05) is 19.1 Å². The number of amides is 1. The molecule has 24 heavy (non-hydrogen) atoms. The van der Waals surface area contributed by atoms with E-state index in [1.165, 1.54) is 6.92 Å². The first-order valence-corrected chi connectivity index (χ1v) is 8.29. The quantitative estimate of drug-likeness (QED) is 0.754. The van der Waals surface area contributed by atoms with Gasteiger partial charge in [-0.15, -0.1) is 0 Å². The molecule has 0 aliphatic heterocycles. The van der Waals surface area contributed by atoms with Gasteiger partial charge in [-0.25, -0.2) is 4.79 Å². The second kappa shape index (κ2) is 8.49. The van der Waals surface area contributed by atoms with Crippen molar-refractivity contribution < 1.29 is 19.1 Å². The number of carbonyl (C=O) groups excluding carboxylic acids is 2. The molecule has 0 aliphatic rings. The van der Waals surface area contributed by atoms with Crippen molar-refractivity contribution in [2.75, 3.05) is 11.9 Å². The van der Waals surface area contributed by atoms with E-state index in [1.54, 1.807) is 36.4 Å². The average Bonchev–Trinajstić information content (AvgIpc) is 2.57. The van der Waals surface area contributed by atoms with Gasteiger partial charge in [0.25, 0.3) is 5.91 Å². The Morgan fingerprint density at radius 3 is 2.29 bits per heavy atom. The molecule has 2 rings (SSSR count). The molecule has 0 bridgehead atoms. The molecule has 0 saturated carbocycles. The Morgan fingerprint density at radius 2 is 1.71 bits per heavy atom. The van der Waals surface area contributed by atoms with Crippen molar-refractivity contribution in [3.8, 4) is 5.75 Å². The molecular formula is C18H18BrNO4. The summed E-state index contributed by atoms with van der Waals surface area (Å²) in [6.07, 6.45) is -0.910. The molecule has 1 amide bonds. The summed E-state index contributed by atoms with van der Waals surface area (Å²) < 4.78 is 11.4. The third-order valence-corrected chi connectivity index (χ3v) is 3.69. The summed E-state index contributed by atoms with van der Waals surface area (Å²) in [6, 6.07) is 13.7. The van der Waals surface area contributed by atoms with E-state index in [4.69, 9.17) is 9.47 Å². The molecule has 0 spiro atoms. The van der Waals surface area contributed by atoms with E-state index in [-0.39, 0.29) is 0 Å². The first kappa shape index (κ1) is 18.0. The van der Waals surface area contributed by atoms with Crippen LogP contribution in [-0.2, 0) is 9.53 Å². The number of nitrogens with one attached hydrogen (secondary N) is 1. The Kier molecular flexibility index (Phi) is 6.37. The highest BCUT2D eigenvalue weighted by Gasteiger charge is 2.19. The van der Waals surface area contributed by atoms with Crippen LogP contribution in [0.1, 0.15) is 24.2 Å². The molecule has 1 atom stereocenters. The summed E-state index contributed by atoms with van der Waals surface area (Å²) in [5.41, 5.74) is 0.994. The van der Waals surface area contributed by atoms with E-state index < -0.39 is 18.0 Å². The highest BCUT2D eigenvalue weighted by molar-refractivity contribution is 9.10. The van der Waals surface area contributed by atoms with E-state index in [0.717, 1.165) is 4.47 Å². The van der Waals surface area contributed by atoms with Crippen molar-refractivity contribution in [2.24, 2.45) is 0 Å². The predicted octanol–water partition coefficient (Wildman–Crippen LogP) is 4.03. The Balaban J connectivity index is 1.92. The molecule has 6 heteroatoms. The molecule has 0 saturated heterocycles. The van der Waals surface area contributed by atoms with Gasteiger partial charge in [0.1, 0.15) is 5.75 Å². The Labute approximate surface area is 149 Å². The van der Waals surface area contributed by atoms with Gasteiger partial charge < -0.3 is 14.8 Å². The molecule has 126 valence electrons. The zero-order valence-corrected chi connectivity index (χ0v) is 15.0. The standard InChI is InChI=1S/C18H18BrNO4/c1-3-23-16-10-4-13(5-11-16)18(22)24-12(2)17(21)20-15-8-6-14(19)7-9-15/h4-12H,3H2,1-2H3,(H,20,21). The number of ether oxygens (including phenoxy) is 2. The minimum atomic E-state index is -0.910. The summed E-state index contributed by atoms with van der Waals surface area (Å²) in [4.78, 5) is 24.2. The smallest absolute Gasteiger partial charge is 0.338 e. The summed E-state index contributed by atoms with van der Waals surface area (Å²) in [6.45, 7) is 3.96. The minimum absolute atomic E-state index is 0.363. The van der Waals surface area contributed by atoms with Gasteiger partial charge in [0.15, 0.2) is 6.10 Å². The summed E-state index contributed by atoms with van der Waals surface area (Å²) in [5.74, 6) is -0.275. The average molecular weight is 392 g/mol. The van der Waals surface area contributed by atoms with Crippen LogP contribution in [0.3, 0.4) is 0 Å². The number of hydrogen-bond donors (Lipinski definition) is 1. The van der Waals surface area contributed by atoms with Gasteiger partial charge >= 0.3 is 5.97 Å². The van der Waals surface area contributed by atoms with Gasteiger partial charge in [-0.1, -0.05) is 15.9 Å². The Bertz CT molecular complexity index is 698. The lowest BCUT2D eigenvalue weighted by Gasteiger charge is -2.14. The van der Waals surface area contributed by atoms with Crippen LogP contribution < -0.4 is 10.1 Å². The maximum absolute atomic E-state index is 12.1. The van der Waals surface area contributed by atoms with Crippen LogP contribution in [-0.4, -0.2) is 24.6 Å². The van der Waals surface area contributed by atoms with Gasteiger partial charge in [-0.2, -0.15) is 0 Å². The van der Waals surface area contributed by atoms with Gasteiger partial charge in [0.05, 0.1) is 12.2 Å². The van der Waals surface area contributed by atoms with Crippen LogP contribution in [0.2, 0.25) is 0 Å². The molecule has 1 unspecified atom stereocenters. The summed E-state index contributed by atoms with van der Waals surface area (Å²) in [7, 11) is 0. The fraction of sp³-hybridized carbons (Fsp3) is 0.222. The topological polar surface area (TPSA) is 64.6 Å². The van der Waals surface area contributed by atoms with Crippen molar-refractivity contribution >= 4 is 33.5 Å². The number of esters is 1. The van der Waals surface area contributed by atoms with Crippen molar-refractivity contribution in [1.82, 2.24) is 0 Å². The van der Waals surface area contributed by atoms with Crippen molar-refractivity contribution in [2.45, 2.75) is 20.0 Å². The molecule has 2 aromatic carbocycles. The second-order valence-corrected chi connectivity index (χ2v) is 5.92. The molecule has 0 heterocycles. The SMILES string of the molecule is CCOc1ccc(C(=O)OC(C)C(=O)Nc2ccc(Br)cc2)cc1. The van der Waals surface area contributed by atoms with E-state index in [9.17, 15) is 9.59 Å². The number of rotatable bonds is 6. The fourth-order valence-corrected chi connectivity index (χ4v) is 2.18. The van der Waals surface area contributed by atoms with Gasteiger partial charge in [0, 0.05) is 10.2 Å². The second-order valence-electron chi connectivity index (χ2n) is 5.00. The normalized spacial score (nSPS) is 11.5. The number of halogens is 1. The first-order valence-electron chi connectivity index (χ1n) is 7.50. The van der Waals surface area contributed by atoms with E-state index >= 15 is 0 Å².